The van der Waals surface area contributed by atoms with E-state index in [4.69, 9.17) is 9.47 Å². The molecule has 1 aromatic rings. The van der Waals surface area contributed by atoms with Crippen molar-refractivity contribution in [2.45, 2.75) is 38.8 Å². The van der Waals surface area contributed by atoms with Gasteiger partial charge in [-0.2, -0.15) is 0 Å². The number of hydrogen-bond acceptors (Lipinski definition) is 6. The minimum atomic E-state index is -0.464. The van der Waals surface area contributed by atoms with E-state index in [2.05, 4.69) is 27.3 Å². The van der Waals surface area contributed by atoms with E-state index in [1.54, 1.807) is 12.0 Å². The van der Waals surface area contributed by atoms with Crippen LogP contribution in [0.3, 0.4) is 0 Å². The Kier molecular flexibility index (Phi) is 7.79. The Bertz CT molecular complexity index is 688. The number of piperazine rings is 1. The maximum absolute atomic E-state index is 12.3. The summed E-state index contributed by atoms with van der Waals surface area (Å²) >= 11 is 0. The van der Waals surface area contributed by atoms with Gasteiger partial charge >= 0.3 is 6.09 Å². The van der Waals surface area contributed by atoms with Crippen LogP contribution in [0, 0.1) is 0 Å². The quantitative estimate of drug-likeness (QED) is 0.642. The van der Waals surface area contributed by atoms with Crippen molar-refractivity contribution in [2.24, 2.45) is 4.99 Å². The van der Waals surface area contributed by atoms with Crippen LogP contribution in [0.2, 0.25) is 0 Å². The molecule has 2 heterocycles. The van der Waals surface area contributed by atoms with Gasteiger partial charge < -0.3 is 24.6 Å². The van der Waals surface area contributed by atoms with E-state index >= 15 is 0 Å². The molecule has 8 heteroatoms. The van der Waals surface area contributed by atoms with Crippen molar-refractivity contribution in [3.63, 3.8) is 0 Å². The number of amides is 1. The number of nitrogens with one attached hydrogen (secondary N) is 1. The number of ether oxygens (including phenoxy) is 2. The first-order chi connectivity index (χ1) is 12.9. The normalized spacial score (nSPS) is 18.7. The van der Waals surface area contributed by atoms with Gasteiger partial charge in [-0.05, 0) is 44.9 Å². The molecule has 156 valence electrons. The molecule has 1 unspecified atom stereocenters. The molecule has 1 atom stereocenters. The Labute approximate surface area is 184 Å². The van der Waals surface area contributed by atoms with Crippen molar-refractivity contribution in [1.29, 1.82) is 0 Å². The highest BCUT2D eigenvalue weighted by Gasteiger charge is 2.36. The second kappa shape index (κ2) is 9.67. The van der Waals surface area contributed by atoms with E-state index in [-0.39, 0.29) is 36.1 Å². The van der Waals surface area contributed by atoms with Crippen molar-refractivity contribution in [1.82, 2.24) is 15.1 Å². The molecule has 28 heavy (non-hydrogen) atoms. The number of methoxy groups -OCH3 is 1. The van der Waals surface area contributed by atoms with Crippen LogP contribution in [0.1, 0.15) is 26.3 Å². The Balaban J connectivity index is 0.00000280. The molecule has 1 aromatic carbocycles. The van der Waals surface area contributed by atoms with Gasteiger partial charge in [0.05, 0.1) is 19.7 Å². The fourth-order valence-corrected chi connectivity index (χ4v) is 3.33. The number of carbonyl (C=O) groups is 1. The van der Waals surface area contributed by atoms with Gasteiger partial charge in [-0.25, -0.2) is 4.79 Å². The molecule has 0 aliphatic carbocycles. The van der Waals surface area contributed by atoms with Crippen molar-refractivity contribution in [3.8, 4) is 5.75 Å². The summed E-state index contributed by atoms with van der Waals surface area (Å²) in [6, 6.07) is 8.36. The smallest absolute Gasteiger partial charge is 0.410 e. The predicted octanol–water partition coefficient (Wildman–Crippen LogP) is 2.74. The molecule has 1 amide bonds. The fraction of sp³-hybridized carbons (Fsp3) is 0.600. The summed E-state index contributed by atoms with van der Waals surface area (Å²) in [6.07, 6.45) is 0.689. The molecular weight excluding hydrogens is 471 g/mol. The largest absolute Gasteiger partial charge is 0.497 e. The summed E-state index contributed by atoms with van der Waals surface area (Å²) in [4.78, 5) is 21.0. The summed E-state index contributed by atoms with van der Waals surface area (Å²) in [5.74, 6) is 1.81. The maximum atomic E-state index is 12.3. The van der Waals surface area contributed by atoms with Crippen molar-refractivity contribution in [2.75, 3.05) is 39.8 Å². The van der Waals surface area contributed by atoms with Crippen LogP contribution in [-0.2, 0) is 11.2 Å². The number of rotatable bonds is 4. The van der Waals surface area contributed by atoms with E-state index in [1.807, 2.05) is 32.9 Å². The van der Waals surface area contributed by atoms with Gasteiger partial charge in [0, 0.05) is 26.2 Å². The zero-order valence-corrected chi connectivity index (χ0v) is 19.4. The lowest BCUT2D eigenvalue weighted by Gasteiger charge is -2.39. The van der Waals surface area contributed by atoms with Crippen molar-refractivity contribution >= 4 is 36.0 Å². The summed E-state index contributed by atoms with van der Waals surface area (Å²) in [5, 5.41) is 3.45. The lowest BCUT2D eigenvalue weighted by Crippen LogP contribution is -2.57. The molecule has 2 aliphatic rings. The third kappa shape index (κ3) is 5.89. The first-order valence-electron chi connectivity index (χ1n) is 9.51. The minimum absolute atomic E-state index is 0. The summed E-state index contributed by atoms with van der Waals surface area (Å²) in [5.41, 5.74) is 0.794. The highest BCUT2D eigenvalue weighted by atomic mass is 127. The molecule has 0 bridgehead atoms. The van der Waals surface area contributed by atoms with Crippen LogP contribution in [0.25, 0.3) is 0 Å². The molecule has 1 N–H and O–H groups in total. The Hall–Kier alpha value is -1.71. The van der Waals surface area contributed by atoms with E-state index in [1.165, 1.54) is 5.56 Å². The van der Waals surface area contributed by atoms with Gasteiger partial charge in [-0.15, -0.1) is 24.0 Å². The van der Waals surface area contributed by atoms with Crippen molar-refractivity contribution in [3.05, 3.63) is 29.8 Å². The van der Waals surface area contributed by atoms with Crippen molar-refractivity contribution < 1.29 is 14.3 Å². The average Bonchev–Trinajstić information content (AvgIpc) is 3.03. The van der Waals surface area contributed by atoms with Gasteiger partial charge in [0.25, 0.3) is 0 Å². The molecule has 0 spiro atoms. The Morgan fingerprint density at radius 3 is 2.61 bits per heavy atom. The molecule has 0 aromatic heterocycles. The number of carbonyl (C=O) groups excluding carboxylic acids is 1. The van der Waals surface area contributed by atoms with E-state index in [9.17, 15) is 4.79 Å². The Morgan fingerprint density at radius 1 is 1.25 bits per heavy atom. The number of guanidine groups is 1. The topological polar surface area (TPSA) is 66.4 Å². The number of fused-ring (bicyclic) bond motifs is 1. The third-order valence-corrected chi connectivity index (χ3v) is 4.71. The Morgan fingerprint density at radius 2 is 1.96 bits per heavy atom. The first kappa shape index (κ1) is 22.6. The maximum Gasteiger partial charge on any atom is 0.410 e. The van der Waals surface area contributed by atoms with Crippen LogP contribution >= 0.6 is 24.0 Å². The second-order valence-electron chi connectivity index (χ2n) is 7.96. The van der Waals surface area contributed by atoms with Crippen LogP contribution in [-0.4, -0.2) is 73.3 Å². The van der Waals surface area contributed by atoms with E-state index in [0.717, 1.165) is 31.2 Å². The molecule has 1 fully saturated rings. The number of aliphatic imine (C=N–C) groups is 1. The first-order valence-corrected chi connectivity index (χ1v) is 9.51. The fourth-order valence-electron chi connectivity index (χ4n) is 3.33. The zero-order valence-electron chi connectivity index (χ0n) is 17.1. The molecular formula is C20H31IN4O3. The molecule has 3 rings (SSSR count). The minimum Gasteiger partial charge on any atom is -0.497 e. The molecule has 1 saturated heterocycles. The van der Waals surface area contributed by atoms with Gasteiger partial charge in [-0.3, -0.25) is 4.99 Å². The number of nitrogens with zero attached hydrogens (tertiary/aromatic N) is 3. The highest BCUT2D eigenvalue weighted by molar-refractivity contribution is 14.0. The average molecular weight is 502 g/mol. The summed E-state index contributed by atoms with van der Waals surface area (Å²) < 4.78 is 10.7. The van der Waals surface area contributed by atoms with Gasteiger partial charge in [0.1, 0.15) is 11.4 Å². The molecule has 0 saturated carbocycles. The number of benzene rings is 1. The zero-order chi connectivity index (χ0) is 19.4. The predicted molar refractivity (Wildman–Crippen MR) is 121 cm³/mol. The van der Waals surface area contributed by atoms with Crippen LogP contribution in [0.5, 0.6) is 5.75 Å². The van der Waals surface area contributed by atoms with Gasteiger partial charge in [-0.1, -0.05) is 12.1 Å². The van der Waals surface area contributed by atoms with Crippen LogP contribution in [0.15, 0.2) is 29.3 Å². The SMILES string of the molecule is COc1ccc(CCNC2=NCC3CN(C(=O)OC(C)(C)C)CCN23)cc1.I. The molecule has 0 radical (unpaired) electrons. The lowest BCUT2D eigenvalue weighted by molar-refractivity contribution is 0.0137. The van der Waals surface area contributed by atoms with Crippen LogP contribution in [0.4, 0.5) is 4.79 Å². The lowest BCUT2D eigenvalue weighted by atomic mass is 10.1. The van der Waals surface area contributed by atoms with Crippen LogP contribution < -0.4 is 10.1 Å². The number of hydrogen-bond donors (Lipinski definition) is 1. The second-order valence-corrected chi connectivity index (χ2v) is 7.96. The van der Waals surface area contributed by atoms with Gasteiger partial charge in [0.15, 0.2) is 5.96 Å². The summed E-state index contributed by atoms with van der Waals surface area (Å²) in [7, 11) is 1.67. The standard InChI is InChI=1S/C20H30N4O3.HI/c1-20(2,3)27-19(25)23-11-12-24-16(14-23)13-22-18(24)21-10-9-15-5-7-17(26-4)8-6-15;/h5-8,16H,9-14H2,1-4H3,(H,21,22);1H. The van der Waals surface area contributed by atoms with E-state index in [0.29, 0.717) is 19.6 Å². The highest BCUT2D eigenvalue weighted by Crippen LogP contribution is 2.18. The van der Waals surface area contributed by atoms with E-state index < -0.39 is 5.60 Å². The third-order valence-electron chi connectivity index (χ3n) is 4.71. The number of halogens is 1. The molecule has 2 aliphatic heterocycles. The van der Waals surface area contributed by atoms with Gasteiger partial charge in [0.2, 0.25) is 0 Å². The monoisotopic (exact) mass is 502 g/mol. The molecule has 7 nitrogen and oxygen atoms in total. The summed E-state index contributed by atoms with van der Waals surface area (Å²) in [6.45, 7) is 9.30.